The average Bonchev–Trinajstić information content (AvgIpc) is 3.62. The van der Waals surface area contributed by atoms with Crippen LogP contribution in [0.15, 0.2) is 82.6 Å². The summed E-state index contributed by atoms with van der Waals surface area (Å²) in [6.45, 7) is 5.01. The Morgan fingerprint density at radius 3 is 2.15 bits per heavy atom. The maximum atomic E-state index is 16.2. The number of alkyl halides is 1. The highest BCUT2D eigenvalue weighted by Gasteiger charge is 2.54. The summed E-state index contributed by atoms with van der Waals surface area (Å²) in [5.74, 6) is -0.222. The van der Waals surface area contributed by atoms with Crippen molar-refractivity contribution < 1.29 is 31.5 Å². The summed E-state index contributed by atoms with van der Waals surface area (Å²) in [5.41, 5.74) is 0.336. The monoisotopic (exact) mass is 763 g/mol. The average molecular weight is 764 g/mol. The lowest BCUT2D eigenvalue weighted by Crippen LogP contribution is -2.65. The van der Waals surface area contributed by atoms with Crippen LogP contribution in [0, 0.1) is 17.7 Å². The van der Waals surface area contributed by atoms with Gasteiger partial charge in [-0.15, -0.1) is 0 Å². The summed E-state index contributed by atoms with van der Waals surface area (Å²) in [6, 6.07) is 19.3. The van der Waals surface area contributed by atoms with Gasteiger partial charge in [0.25, 0.3) is 5.91 Å². The number of alkyl carbamates (subject to hydrolysis) is 1. The molecular formula is C41H51F2N5O5S. The number of likely N-dealkylation sites (tertiary alicyclic amines) is 2. The lowest BCUT2D eigenvalue weighted by molar-refractivity contribution is 0.00584. The first-order valence-electron chi connectivity index (χ1n) is 19.1. The van der Waals surface area contributed by atoms with E-state index in [0.29, 0.717) is 12.1 Å². The van der Waals surface area contributed by atoms with Crippen molar-refractivity contribution in [2.45, 2.75) is 65.4 Å². The molecule has 2 N–H and O–H groups in total. The van der Waals surface area contributed by atoms with E-state index in [-0.39, 0.29) is 57.9 Å². The third-order valence-electron chi connectivity index (χ3n) is 12.4. The Balaban J connectivity index is 1.01. The molecule has 4 aliphatic rings. The Morgan fingerprint density at radius 1 is 0.889 bits per heavy atom. The first-order valence-corrected chi connectivity index (χ1v) is 20.6. The lowest BCUT2D eigenvalue weighted by atomic mass is 9.57. The number of benzene rings is 3. The van der Waals surface area contributed by atoms with Crippen LogP contribution in [0.2, 0.25) is 0 Å². The van der Waals surface area contributed by atoms with E-state index in [0.717, 1.165) is 82.5 Å². The van der Waals surface area contributed by atoms with E-state index in [4.69, 9.17) is 4.74 Å². The highest BCUT2D eigenvalue weighted by atomic mass is 32.2. The molecule has 1 saturated carbocycles. The molecule has 54 heavy (non-hydrogen) atoms. The molecule has 3 atom stereocenters. The van der Waals surface area contributed by atoms with Crippen LogP contribution in [0.1, 0.15) is 54.4 Å². The van der Waals surface area contributed by atoms with Crippen molar-refractivity contribution in [3.63, 3.8) is 0 Å². The van der Waals surface area contributed by atoms with Gasteiger partial charge in [-0.05, 0) is 136 Å². The second-order valence-corrected chi connectivity index (χ2v) is 17.6. The molecule has 3 aliphatic heterocycles. The second kappa shape index (κ2) is 15.6. The molecule has 3 heterocycles. The molecule has 3 saturated heterocycles. The Labute approximate surface area is 317 Å². The minimum absolute atomic E-state index is 0.0777. The maximum Gasteiger partial charge on any atom is 0.407 e. The molecule has 13 heteroatoms. The van der Waals surface area contributed by atoms with Crippen molar-refractivity contribution in [2.24, 2.45) is 11.8 Å². The molecule has 3 aromatic carbocycles. The zero-order valence-corrected chi connectivity index (χ0v) is 31.9. The first-order chi connectivity index (χ1) is 25.9. The number of piperidine rings is 1. The van der Waals surface area contributed by atoms with E-state index in [1.165, 1.54) is 44.5 Å². The van der Waals surface area contributed by atoms with E-state index >= 15 is 4.39 Å². The van der Waals surface area contributed by atoms with Gasteiger partial charge in [-0.3, -0.25) is 9.69 Å². The summed E-state index contributed by atoms with van der Waals surface area (Å²) >= 11 is 0. The maximum absolute atomic E-state index is 16.2. The van der Waals surface area contributed by atoms with Gasteiger partial charge in [0.05, 0.1) is 30.0 Å². The van der Waals surface area contributed by atoms with Crippen LogP contribution < -0.4 is 15.5 Å². The number of amides is 2. The van der Waals surface area contributed by atoms with E-state index in [9.17, 15) is 22.4 Å². The number of carbonyl (C=O) groups is 2. The number of anilines is 1. The molecule has 0 spiro atoms. The fourth-order valence-electron chi connectivity index (χ4n) is 9.57. The van der Waals surface area contributed by atoms with Gasteiger partial charge in [0, 0.05) is 42.8 Å². The van der Waals surface area contributed by atoms with E-state index in [1.54, 1.807) is 36.4 Å². The quantitative estimate of drug-likeness (QED) is 0.252. The van der Waals surface area contributed by atoms with Crippen LogP contribution in [0.3, 0.4) is 0 Å². The van der Waals surface area contributed by atoms with Gasteiger partial charge in [-0.25, -0.2) is 22.0 Å². The number of ether oxygens (including phenoxy) is 1. The number of nitrogens with one attached hydrogen (secondary N) is 2. The van der Waals surface area contributed by atoms with Crippen molar-refractivity contribution in [3.8, 4) is 0 Å². The van der Waals surface area contributed by atoms with Gasteiger partial charge in [0.1, 0.15) is 5.82 Å². The number of hydrogen-bond acceptors (Lipinski definition) is 8. The second-order valence-electron chi connectivity index (χ2n) is 15.6. The largest absolute Gasteiger partial charge is 0.453 e. The molecule has 290 valence electrons. The Morgan fingerprint density at radius 2 is 1.56 bits per heavy atom. The van der Waals surface area contributed by atoms with Crippen LogP contribution in [0.5, 0.6) is 0 Å². The van der Waals surface area contributed by atoms with Crippen molar-refractivity contribution in [1.82, 2.24) is 20.4 Å². The smallest absolute Gasteiger partial charge is 0.407 e. The molecule has 7 rings (SSSR count). The molecular weight excluding hydrogens is 713 g/mol. The van der Waals surface area contributed by atoms with E-state index in [1.807, 2.05) is 4.90 Å². The summed E-state index contributed by atoms with van der Waals surface area (Å²) in [4.78, 5) is 31.2. The minimum Gasteiger partial charge on any atom is -0.453 e. The summed E-state index contributed by atoms with van der Waals surface area (Å²) in [6.07, 6.45) is 5.15. The summed E-state index contributed by atoms with van der Waals surface area (Å²) < 4.78 is 62.7. The number of hydrogen-bond donors (Lipinski definition) is 2. The number of halogens is 2. The molecule has 10 nitrogen and oxygen atoms in total. The van der Waals surface area contributed by atoms with Gasteiger partial charge in [-0.2, -0.15) is 0 Å². The SMILES string of the molecule is CNC(=O)c1ccc(S(=O)(=O)c2ccc(N3CC(F)(CN4CCC(C(CN5CCC5)(c5cccc(F)c5)[C@H]5CCC[C@@H]5NC(=O)OC)CC4)C3)cc2)cc1. The molecule has 0 aromatic heterocycles. The van der Waals surface area contributed by atoms with E-state index < -0.39 is 21.6 Å². The highest BCUT2D eigenvalue weighted by Crippen LogP contribution is 2.51. The number of nitrogens with zero attached hydrogens (tertiary/aromatic N) is 3. The van der Waals surface area contributed by atoms with Gasteiger partial charge in [0.2, 0.25) is 9.84 Å². The predicted octanol–water partition coefficient (Wildman–Crippen LogP) is 5.43. The van der Waals surface area contributed by atoms with Crippen molar-refractivity contribution in [2.75, 3.05) is 71.4 Å². The number of rotatable bonds is 12. The molecule has 3 aromatic rings. The normalized spacial score (nSPS) is 23.1. The minimum atomic E-state index is -3.79. The van der Waals surface area contributed by atoms with Gasteiger partial charge >= 0.3 is 6.09 Å². The van der Waals surface area contributed by atoms with Crippen LogP contribution in [0.25, 0.3) is 0 Å². The number of methoxy groups -OCH3 is 1. The Bertz CT molecular complexity index is 1910. The predicted molar refractivity (Wildman–Crippen MR) is 203 cm³/mol. The van der Waals surface area contributed by atoms with Crippen molar-refractivity contribution in [1.29, 1.82) is 0 Å². The lowest BCUT2D eigenvalue weighted by Gasteiger charge is -2.54. The van der Waals surface area contributed by atoms with Crippen molar-refractivity contribution >= 4 is 27.5 Å². The molecule has 1 aliphatic carbocycles. The van der Waals surface area contributed by atoms with Crippen molar-refractivity contribution in [3.05, 3.63) is 89.7 Å². The molecule has 1 unspecified atom stereocenters. The third-order valence-corrected chi connectivity index (χ3v) is 14.2. The molecule has 4 fully saturated rings. The topological polar surface area (TPSA) is 111 Å². The molecule has 0 bridgehead atoms. The van der Waals surface area contributed by atoms with Crippen LogP contribution in [0.4, 0.5) is 19.3 Å². The Kier molecular flexibility index (Phi) is 11.0. The molecule has 0 radical (unpaired) electrons. The molecule has 2 amide bonds. The standard InChI is InChI=1S/C41H51F2N5O5S/c1-44-38(49)29-10-14-34(15-11-29)54(51,52)35-16-12-33(13-17-35)48-26-40(43,27-48)25-47-22-18-30(19-23-47)41(28-46-20-5-21-46,31-6-3-7-32(42)24-31)36-8-4-9-37(36)45-39(50)53-2/h3,6-7,10-17,24,30,36-37H,4-5,8-9,18-23,25-28H2,1-2H3,(H,44,49)(H,45,50)/t36-,37-,41?/m0/s1. The van der Waals surface area contributed by atoms with Gasteiger partial charge in [0.15, 0.2) is 5.67 Å². The van der Waals surface area contributed by atoms with E-state index in [2.05, 4.69) is 26.5 Å². The number of sulfone groups is 1. The Hall–Kier alpha value is -4.07. The first kappa shape index (κ1) is 38.2. The van der Waals surface area contributed by atoms with Crippen LogP contribution in [-0.2, 0) is 20.0 Å². The van der Waals surface area contributed by atoms with Crippen LogP contribution >= 0.6 is 0 Å². The fourth-order valence-corrected chi connectivity index (χ4v) is 10.8. The fraction of sp³-hybridized carbons (Fsp3) is 0.512. The highest BCUT2D eigenvalue weighted by molar-refractivity contribution is 7.91. The summed E-state index contributed by atoms with van der Waals surface area (Å²) in [7, 11) is -0.894. The number of carbonyl (C=O) groups excluding carboxylic acids is 2. The summed E-state index contributed by atoms with van der Waals surface area (Å²) in [5, 5.41) is 5.65. The van der Waals surface area contributed by atoms with Crippen LogP contribution in [-0.4, -0.2) is 108 Å². The zero-order chi connectivity index (χ0) is 38.1. The van der Waals surface area contributed by atoms with Gasteiger partial charge in [-0.1, -0.05) is 18.6 Å². The van der Waals surface area contributed by atoms with Gasteiger partial charge < -0.3 is 25.2 Å². The third kappa shape index (κ3) is 7.59. The zero-order valence-electron chi connectivity index (χ0n) is 31.1.